The lowest BCUT2D eigenvalue weighted by Gasteiger charge is -2.27. The van der Waals surface area contributed by atoms with Gasteiger partial charge >= 0.3 is 12.1 Å². The normalized spacial score (nSPS) is 19.8. The van der Waals surface area contributed by atoms with E-state index in [4.69, 9.17) is 4.74 Å². The van der Waals surface area contributed by atoms with Gasteiger partial charge in [0, 0.05) is 24.4 Å². The molecule has 4 rings (SSSR count). The molecule has 2 aliphatic rings. The van der Waals surface area contributed by atoms with Gasteiger partial charge in [-0.1, -0.05) is 61.9 Å². The van der Waals surface area contributed by atoms with Crippen LogP contribution in [0.4, 0.5) is 4.79 Å². The molecular weight excluding hydrogens is 444 g/mol. The van der Waals surface area contributed by atoms with Gasteiger partial charge in [-0.05, 0) is 54.4 Å². The van der Waals surface area contributed by atoms with Crippen molar-refractivity contribution in [3.05, 3.63) is 59.7 Å². The van der Waals surface area contributed by atoms with Gasteiger partial charge in [-0.3, -0.25) is 9.59 Å². The number of alkyl carbamates (subject to hydrolysis) is 1. The number of carbonyl (C=O) groups is 3. The molecule has 0 bridgehead atoms. The topological polar surface area (TPSA) is 105 Å². The average molecular weight is 479 g/mol. The fraction of sp³-hybridized carbons (Fsp3) is 0.464. The van der Waals surface area contributed by atoms with Gasteiger partial charge in [0.15, 0.2) is 0 Å². The first-order chi connectivity index (χ1) is 17.0. The molecule has 0 radical (unpaired) electrons. The molecule has 0 aliphatic heterocycles. The molecular formula is C28H34N2O5. The van der Waals surface area contributed by atoms with E-state index in [0.29, 0.717) is 25.7 Å². The van der Waals surface area contributed by atoms with Gasteiger partial charge in [0.25, 0.3) is 0 Å². The molecule has 7 nitrogen and oxygen atoms in total. The molecule has 0 spiro atoms. The SMILES string of the molecule is CCC(CCC(=O)NC1CCCC(C(=O)O)C1)NC(=O)OCC1c2ccccc2-c2ccccc21. The van der Waals surface area contributed by atoms with Crippen molar-refractivity contribution in [3.63, 3.8) is 0 Å². The van der Waals surface area contributed by atoms with E-state index >= 15 is 0 Å². The Kier molecular flexibility index (Phi) is 8.06. The molecule has 0 aromatic heterocycles. The molecule has 7 heteroatoms. The van der Waals surface area contributed by atoms with Crippen LogP contribution in [-0.4, -0.2) is 41.8 Å². The van der Waals surface area contributed by atoms with E-state index in [2.05, 4.69) is 34.9 Å². The van der Waals surface area contributed by atoms with Crippen LogP contribution in [0.1, 0.15) is 68.9 Å². The van der Waals surface area contributed by atoms with Crippen LogP contribution in [0.5, 0.6) is 0 Å². The van der Waals surface area contributed by atoms with E-state index in [-0.39, 0.29) is 42.9 Å². The molecule has 1 saturated carbocycles. The van der Waals surface area contributed by atoms with Gasteiger partial charge in [0.2, 0.25) is 5.91 Å². The highest BCUT2D eigenvalue weighted by atomic mass is 16.5. The number of benzene rings is 2. The van der Waals surface area contributed by atoms with Gasteiger partial charge in [0.1, 0.15) is 6.61 Å². The van der Waals surface area contributed by atoms with E-state index < -0.39 is 12.1 Å². The maximum atomic E-state index is 12.6. The number of aliphatic carboxylic acids is 1. The molecule has 3 unspecified atom stereocenters. The minimum absolute atomic E-state index is 0.00382. The van der Waals surface area contributed by atoms with E-state index in [0.717, 1.165) is 24.0 Å². The van der Waals surface area contributed by atoms with Gasteiger partial charge in [-0.25, -0.2) is 4.79 Å². The highest BCUT2D eigenvalue weighted by Gasteiger charge is 2.30. The number of hydrogen-bond acceptors (Lipinski definition) is 4. The molecule has 35 heavy (non-hydrogen) atoms. The second kappa shape index (κ2) is 11.4. The first-order valence-corrected chi connectivity index (χ1v) is 12.6. The number of fused-ring (bicyclic) bond motifs is 3. The van der Waals surface area contributed by atoms with Crippen molar-refractivity contribution in [2.75, 3.05) is 6.61 Å². The molecule has 186 valence electrons. The summed E-state index contributed by atoms with van der Waals surface area (Å²) >= 11 is 0. The Morgan fingerprint density at radius 3 is 2.31 bits per heavy atom. The number of carbonyl (C=O) groups excluding carboxylic acids is 2. The number of carboxylic acid groups (broad SMARTS) is 1. The lowest BCUT2D eigenvalue weighted by Crippen LogP contribution is -2.41. The zero-order chi connectivity index (χ0) is 24.8. The first kappa shape index (κ1) is 24.8. The van der Waals surface area contributed by atoms with Crippen LogP contribution in [0.15, 0.2) is 48.5 Å². The molecule has 3 N–H and O–H groups in total. The molecule has 2 aromatic rings. The van der Waals surface area contributed by atoms with Crippen LogP contribution in [0, 0.1) is 5.92 Å². The molecule has 1 fully saturated rings. The van der Waals surface area contributed by atoms with Crippen LogP contribution < -0.4 is 10.6 Å². The van der Waals surface area contributed by atoms with E-state index in [1.807, 2.05) is 31.2 Å². The Morgan fingerprint density at radius 2 is 1.69 bits per heavy atom. The number of carboxylic acids is 1. The van der Waals surface area contributed by atoms with Crippen LogP contribution in [-0.2, 0) is 14.3 Å². The maximum Gasteiger partial charge on any atom is 0.407 e. The van der Waals surface area contributed by atoms with Crippen molar-refractivity contribution in [1.29, 1.82) is 0 Å². The highest BCUT2D eigenvalue weighted by Crippen LogP contribution is 2.44. The largest absolute Gasteiger partial charge is 0.481 e. The monoisotopic (exact) mass is 478 g/mol. The molecule has 0 heterocycles. The van der Waals surface area contributed by atoms with E-state index in [9.17, 15) is 19.5 Å². The summed E-state index contributed by atoms with van der Waals surface area (Å²) in [6, 6.07) is 16.2. The third-order valence-electron chi connectivity index (χ3n) is 7.27. The van der Waals surface area contributed by atoms with Gasteiger partial charge in [-0.2, -0.15) is 0 Å². The second-order valence-electron chi connectivity index (χ2n) is 9.58. The molecule has 2 aliphatic carbocycles. The lowest BCUT2D eigenvalue weighted by molar-refractivity contribution is -0.143. The Balaban J connectivity index is 1.24. The minimum Gasteiger partial charge on any atom is -0.481 e. The summed E-state index contributed by atoms with van der Waals surface area (Å²) in [6.45, 7) is 2.22. The second-order valence-corrected chi connectivity index (χ2v) is 9.58. The number of hydrogen-bond donors (Lipinski definition) is 3. The standard InChI is InChI=1S/C28H34N2O5/c1-2-19(14-15-26(31)29-20-9-7-8-18(16-20)27(32)33)30-28(34)35-17-25-23-12-5-3-10-21(23)22-11-4-6-13-24(22)25/h3-6,10-13,18-20,25H,2,7-9,14-17H2,1H3,(H,29,31)(H,30,34)(H,32,33). The predicted molar refractivity (Wildman–Crippen MR) is 133 cm³/mol. The van der Waals surface area contributed by atoms with Crippen LogP contribution >= 0.6 is 0 Å². The van der Waals surface area contributed by atoms with Crippen molar-refractivity contribution in [1.82, 2.24) is 10.6 Å². The summed E-state index contributed by atoms with van der Waals surface area (Å²) in [4.78, 5) is 36.2. The molecule has 2 amide bonds. The lowest BCUT2D eigenvalue weighted by atomic mass is 9.85. The summed E-state index contributed by atoms with van der Waals surface area (Å²) < 4.78 is 5.63. The average Bonchev–Trinajstić information content (AvgIpc) is 3.19. The first-order valence-electron chi connectivity index (χ1n) is 12.6. The third kappa shape index (κ3) is 6.02. The predicted octanol–water partition coefficient (Wildman–Crippen LogP) is 4.84. The van der Waals surface area contributed by atoms with Crippen LogP contribution in [0.3, 0.4) is 0 Å². The van der Waals surface area contributed by atoms with Gasteiger partial charge in [-0.15, -0.1) is 0 Å². The van der Waals surface area contributed by atoms with Gasteiger partial charge in [0.05, 0.1) is 5.92 Å². The fourth-order valence-electron chi connectivity index (χ4n) is 5.34. The molecule has 3 atom stereocenters. The number of nitrogens with one attached hydrogen (secondary N) is 2. The Labute approximate surface area is 206 Å². The van der Waals surface area contributed by atoms with Crippen molar-refractivity contribution in [2.45, 2.75) is 69.9 Å². The van der Waals surface area contributed by atoms with E-state index in [1.54, 1.807) is 0 Å². The summed E-state index contributed by atoms with van der Waals surface area (Å²) in [7, 11) is 0. The summed E-state index contributed by atoms with van der Waals surface area (Å²) in [5.74, 6) is -1.27. The fourth-order valence-corrected chi connectivity index (χ4v) is 5.34. The van der Waals surface area contributed by atoms with Crippen LogP contribution in [0.25, 0.3) is 11.1 Å². The van der Waals surface area contributed by atoms with Crippen molar-refractivity contribution in [2.24, 2.45) is 5.92 Å². The summed E-state index contributed by atoms with van der Waals surface area (Å²) in [5, 5.41) is 15.1. The van der Waals surface area contributed by atoms with Crippen molar-refractivity contribution in [3.8, 4) is 11.1 Å². The minimum atomic E-state index is -0.790. The number of amides is 2. The van der Waals surface area contributed by atoms with Crippen LogP contribution in [0.2, 0.25) is 0 Å². The summed E-state index contributed by atoms with van der Waals surface area (Å²) in [6.07, 6.45) is 3.75. The van der Waals surface area contributed by atoms with E-state index in [1.165, 1.54) is 11.1 Å². The highest BCUT2D eigenvalue weighted by molar-refractivity contribution is 5.79. The van der Waals surface area contributed by atoms with Crippen molar-refractivity contribution >= 4 is 18.0 Å². The Morgan fingerprint density at radius 1 is 1.03 bits per heavy atom. The summed E-state index contributed by atoms with van der Waals surface area (Å²) in [5.41, 5.74) is 4.69. The zero-order valence-electron chi connectivity index (χ0n) is 20.2. The smallest absolute Gasteiger partial charge is 0.407 e. The Bertz CT molecular complexity index is 1020. The molecule has 0 saturated heterocycles. The van der Waals surface area contributed by atoms with Gasteiger partial charge < -0.3 is 20.5 Å². The quantitative estimate of drug-likeness (QED) is 0.478. The number of rotatable bonds is 9. The Hall–Kier alpha value is -3.35. The number of ether oxygens (including phenoxy) is 1. The van der Waals surface area contributed by atoms with Crippen molar-refractivity contribution < 1.29 is 24.2 Å². The zero-order valence-corrected chi connectivity index (χ0v) is 20.2. The maximum absolute atomic E-state index is 12.6. The molecule has 2 aromatic carbocycles. The third-order valence-corrected chi connectivity index (χ3v) is 7.27.